The van der Waals surface area contributed by atoms with Crippen LogP contribution in [-0.4, -0.2) is 37.6 Å². The SMILES string of the molecule is COc1cccc(N2CCN(Cc3ccc(C)cc3F)CC2=O)c1. The normalized spacial score (nSPS) is 15.6. The molecule has 1 aliphatic rings. The van der Waals surface area contributed by atoms with Gasteiger partial charge < -0.3 is 9.64 Å². The Morgan fingerprint density at radius 2 is 2.00 bits per heavy atom. The van der Waals surface area contributed by atoms with Crippen molar-refractivity contribution in [3.63, 3.8) is 0 Å². The fraction of sp³-hybridized carbons (Fsp3) is 0.316. The highest BCUT2D eigenvalue weighted by molar-refractivity contribution is 5.95. The summed E-state index contributed by atoms with van der Waals surface area (Å²) < 4.78 is 19.2. The Balaban J connectivity index is 1.67. The molecule has 2 aromatic rings. The summed E-state index contributed by atoms with van der Waals surface area (Å²) in [4.78, 5) is 16.2. The Kier molecular flexibility index (Phi) is 4.81. The third-order valence-electron chi connectivity index (χ3n) is 4.27. The first-order valence-electron chi connectivity index (χ1n) is 7.98. The average Bonchev–Trinajstić information content (AvgIpc) is 2.57. The summed E-state index contributed by atoms with van der Waals surface area (Å²) >= 11 is 0. The summed E-state index contributed by atoms with van der Waals surface area (Å²) in [6.45, 7) is 3.88. The van der Waals surface area contributed by atoms with Crippen molar-refractivity contribution in [3.8, 4) is 5.75 Å². The topological polar surface area (TPSA) is 32.8 Å². The molecule has 1 heterocycles. The number of benzene rings is 2. The van der Waals surface area contributed by atoms with Crippen LogP contribution < -0.4 is 9.64 Å². The number of halogens is 1. The highest BCUT2D eigenvalue weighted by atomic mass is 19.1. The van der Waals surface area contributed by atoms with Gasteiger partial charge in [-0.2, -0.15) is 0 Å². The molecule has 0 N–H and O–H groups in total. The number of aryl methyl sites for hydroxylation is 1. The van der Waals surface area contributed by atoms with Crippen LogP contribution in [0.4, 0.5) is 10.1 Å². The first-order chi connectivity index (χ1) is 11.6. The molecule has 0 unspecified atom stereocenters. The zero-order valence-electron chi connectivity index (χ0n) is 14.0. The quantitative estimate of drug-likeness (QED) is 0.865. The van der Waals surface area contributed by atoms with Gasteiger partial charge in [0.2, 0.25) is 5.91 Å². The molecule has 126 valence electrons. The lowest BCUT2D eigenvalue weighted by Crippen LogP contribution is -2.50. The van der Waals surface area contributed by atoms with Crippen molar-refractivity contribution in [2.45, 2.75) is 13.5 Å². The molecule has 0 saturated carbocycles. The van der Waals surface area contributed by atoms with E-state index >= 15 is 0 Å². The number of nitrogens with zero attached hydrogens (tertiary/aromatic N) is 2. The average molecular weight is 328 g/mol. The van der Waals surface area contributed by atoms with Gasteiger partial charge in [0.1, 0.15) is 11.6 Å². The van der Waals surface area contributed by atoms with Gasteiger partial charge in [0, 0.05) is 37.0 Å². The molecular weight excluding hydrogens is 307 g/mol. The predicted molar refractivity (Wildman–Crippen MR) is 91.8 cm³/mol. The second-order valence-electron chi connectivity index (χ2n) is 6.05. The fourth-order valence-electron chi connectivity index (χ4n) is 2.93. The predicted octanol–water partition coefficient (Wildman–Crippen LogP) is 2.99. The number of methoxy groups -OCH3 is 1. The number of ether oxygens (including phenoxy) is 1. The van der Waals surface area contributed by atoms with Gasteiger partial charge in [0.15, 0.2) is 0 Å². The number of carbonyl (C=O) groups excluding carboxylic acids is 1. The van der Waals surface area contributed by atoms with Crippen molar-refractivity contribution in [2.24, 2.45) is 0 Å². The number of hydrogen-bond acceptors (Lipinski definition) is 3. The molecule has 1 aliphatic heterocycles. The Labute approximate surface area is 141 Å². The number of piperazine rings is 1. The Hall–Kier alpha value is -2.40. The molecule has 2 aromatic carbocycles. The number of hydrogen-bond donors (Lipinski definition) is 0. The van der Waals surface area contributed by atoms with Crippen molar-refractivity contribution in [1.82, 2.24) is 4.90 Å². The van der Waals surface area contributed by atoms with Gasteiger partial charge in [-0.15, -0.1) is 0 Å². The molecule has 0 radical (unpaired) electrons. The van der Waals surface area contributed by atoms with Gasteiger partial charge in [-0.1, -0.05) is 18.2 Å². The highest BCUT2D eigenvalue weighted by Gasteiger charge is 2.25. The van der Waals surface area contributed by atoms with Crippen LogP contribution in [0, 0.1) is 12.7 Å². The lowest BCUT2D eigenvalue weighted by Gasteiger charge is -2.34. The molecule has 1 amide bonds. The molecule has 5 heteroatoms. The van der Waals surface area contributed by atoms with E-state index in [1.807, 2.05) is 42.2 Å². The first kappa shape index (κ1) is 16.5. The van der Waals surface area contributed by atoms with Crippen LogP contribution in [0.15, 0.2) is 42.5 Å². The van der Waals surface area contributed by atoms with Crippen LogP contribution >= 0.6 is 0 Å². The lowest BCUT2D eigenvalue weighted by atomic mass is 10.1. The van der Waals surface area contributed by atoms with Gasteiger partial charge in [-0.05, 0) is 30.7 Å². The van der Waals surface area contributed by atoms with E-state index in [9.17, 15) is 9.18 Å². The second-order valence-corrected chi connectivity index (χ2v) is 6.05. The van der Waals surface area contributed by atoms with Crippen LogP contribution in [0.5, 0.6) is 5.75 Å². The minimum Gasteiger partial charge on any atom is -0.497 e. The van der Waals surface area contributed by atoms with Crippen molar-refractivity contribution < 1.29 is 13.9 Å². The van der Waals surface area contributed by atoms with E-state index < -0.39 is 0 Å². The molecule has 0 bridgehead atoms. The monoisotopic (exact) mass is 328 g/mol. The third-order valence-corrected chi connectivity index (χ3v) is 4.27. The molecule has 3 rings (SSSR count). The van der Waals surface area contributed by atoms with Crippen LogP contribution in [0.2, 0.25) is 0 Å². The van der Waals surface area contributed by atoms with Gasteiger partial charge in [0.25, 0.3) is 0 Å². The number of rotatable bonds is 4. The standard InChI is InChI=1S/C19H21FN2O2/c1-14-6-7-15(18(20)10-14)12-21-8-9-22(19(23)13-21)16-4-3-5-17(11-16)24-2/h3-7,10-11H,8-9,12-13H2,1-2H3. The Morgan fingerprint density at radius 3 is 2.71 bits per heavy atom. The minimum absolute atomic E-state index is 0.0158. The highest BCUT2D eigenvalue weighted by Crippen LogP contribution is 2.23. The van der Waals surface area contributed by atoms with E-state index in [0.29, 0.717) is 25.2 Å². The third kappa shape index (κ3) is 3.57. The van der Waals surface area contributed by atoms with Gasteiger partial charge in [0.05, 0.1) is 13.7 Å². The zero-order valence-corrected chi connectivity index (χ0v) is 14.0. The van der Waals surface area contributed by atoms with E-state index in [4.69, 9.17) is 4.74 Å². The van der Waals surface area contributed by atoms with Crippen LogP contribution in [0.3, 0.4) is 0 Å². The largest absolute Gasteiger partial charge is 0.497 e. The zero-order chi connectivity index (χ0) is 17.1. The molecule has 0 atom stereocenters. The lowest BCUT2D eigenvalue weighted by molar-refractivity contribution is -0.121. The molecule has 1 saturated heterocycles. The van der Waals surface area contributed by atoms with Crippen molar-refractivity contribution in [1.29, 1.82) is 0 Å². The summed E-state index contributed by atoms with van der Waals surface area (Å²) in [6.07, 6.45) is 0. The summed E-state index contributed by atoms with van der Waals surface area (Å²) in [5.74, 6) is 0.532. The molecular formula is C19H21FN2O2. The summed E-state index contributed by atoms with van der Waals surface area (Å²) in [7, 11) is 1.61. The maximum atomic E-state index is 14.0. The van der Waals surface area contributed by atoms with Crippen molar-refractivity contribution >= 4 is 11.6 Å². The molecule has 0 aliphatic carbocycles. The van der Waals surface area contributed by atoms with Gasteiger partial charge in [-0.3, -0.25) is 9.69 Å². The maximum Gasteiger partial charge on any atom is 0.241 e. The van der Waals surface area contributed by atoms with E-state index in [1.54, 1.807) is 18.1 Å². The summed E-state index contributed by atoms with van der Waals surface area (Å²) in [5.41, 5.74) is 2.36. The van der Waals surface area contributed by atoms with E-state index in [0.717, 1.165) is 17.0 Å². The Morgan fingerprint density at radius 1 is 1.17 bits per heavy atom. The second kappa shape index (κ2) is 7.01. The summed E-state index contributed by atoms with van der Waals surface area (Å²) in [6, 6.07) is 12.7. The van der Waals surface area contributed by atoms with E-state index in [-0.39, 0.29) is 18.3 Å². The number of anilines is 1. The Bertz CT molecular complexity index is 748. The maximum absolute atomic E-state index is 14.0. The van der Waals surface area contributed by atoms with Crippen molar-refractivity contribution in [3.05, 3.63) is 59.4 Å². The number of carbonyl (C=O) groups is 1. The van der Waals surface area contributed by atoms with Gasteiger partial charge in [-0.25, -0.2) is 4.39 Å². The number of amides is 1. The van der Waals surface area contributed by atoms with Crippen LogP contribution in [0.1, 0.15) is 11.1 Å². The van der Waals surface area contributed by atoms with Crippen molar-refractivity contribution in [2.75, 3.05) is 31.6 Å². The smallest absolute Gasteiger partial charge is 0.241 e. The molecule has 1 fully saturated rings. The minimum atomic E-state index is -0.210. The van der Waals surface area contributed by atoms with Crippen LogP contribution in [-0.2, 0) is 11.3 Å². The summed E-state index contributed by atoms with van der Waals surface area (Å²) in [5, 5.41) is 0. The molecule has 0 aromatic heterocycles. The fourth-order valence-corrected chi connectivity index (χ4v) is 2.93. The molecule has 24 heavy (non-hydrogen) atoms. The van der Waals surface area contributed by atoms with E-state index in [2.05, 4.69) is 0 Å². The molecule has 0 spiro atoms. The van der Waals surface area contributed by atoms with E-state index in [1.165, 1.54) is 6.07 Å². The van der Waals surface area contributed by atoms with Gasteiger partial charge >= 0.3 is 0 Å². The first-order valence-corrected chi connectivity index (χ1v) is 7.98. The van der Waals surface area contributed by atoms with Crippen LogP contribution in [0.25, 0.3) is 0 Å². The molecule has 4 nitrogen and oxygen atoms in total.